The van der Waals surface area contributed by atoms with Crippen LogP contribution >= 0.6 is 0 Å². The van der Waals surface area contributed by atoms with Crippen molar-refractivity contribution >= 4 is 44.6 Å². The molecule has 3 heterocycles. The number of primary amides is 1. The number of benzene rings is 1. The van der Waals surface area contributed by atoms with E-state index in [0.717, 1.165) is 30.0 Å². The summed E-state index contributed by atoms with van der Waals surface area (Å²) in [6, 6.07) is 6.67. The third kappa shape index (κ3) is 9.45. The van der Waals surface area contributed by atoms with Crippen LogP contribution in [0.15, 0.2) is 42.6 Å². The van der Waals surface area contributed by atoms with Gasteiger partial charge in [-0.25, -0.2) is 18.2 Å². The second-order valence-corrected chi connectivity index (χ2v) is 18.8. The smallest absolute Gasteiger partial charge is 0.405 e. The zero-order valence-electron chi connectivity index (χ0n) is 32.3. The van der Waals surface area contributed by atoms with Crippen molar-refractivity contribution in [1.82, 2.24) is 19.9 Å². The maximum atomic E-state index is 14.1. The number of aromatic nitrogens is 1. The molecule has 1 aromatic heterocycles. The fourth-order valence-corrected chi connectivity index (χ4v) is 8.59. The second-order valence-electron chi connectivity index (χ2n) is 16.6. The number of hydrogen-bond donors (Lipinski definition) is 3. The van der Waals surface area contributed by atoms with Crippen LogP contribution in [0.25, 0.3) is 10.8 Å². The van der Waals surface area contributed by atoms with E-state index in [0.29, 0.717) is 30.4 Å². The Bertz CT molecular complexity index is 1910. The first kappa shape index (κ1) is 40.8. The summed E-state index contributed by atoms with van der Waals surface area (Å²) in [5.41, 5.74) is 2.85. The summed E-state index contributed by atoms with van der Waals surface area (Å²) < 4.78 is 43.7. The van der Waals surface area contributed by atoms with Crippen LogP contribution in [-0.2, 0) is 29.1 Å². The van der Waals surface area contributed by atoms with E-state index in [-0.39, 0.29) is 47.8 Å². The maximum absolute atomic E-state index is 14.1. The van der Waals surface area contributed by atoms with Crippen LogP contribution in [0.4, 0.5) is 4.79 Å². The predicted octanol–water partition coefficient (Wildman–Crippen LogP) is 5.49. The minimum atomic E-state index is -3.91. The number of carbonyl (C=O) groups excluding carboxylic acids is 4. The molecule has 4 aliphatic rings. The lowest BCUT2D eigenvalue weighted by atomic mass is 9.91. The number of pyridine rings is 1. The highest BCUT2D eigenvalue weighted by atomic mass is 32.2. The molecule has 15 heteroatoms. The fourth-order valence-electron chi connectivity index (χ4n) is 7.27. The quantitative estimate of drug-likeness (QED) is 0.316. The predicted molar refractivity (Wildman–Crippen MR) is 209 cm³/mol. The molecule has 2 aromatic rings. The van der Waals surface area contributed by atoms with E-state index in [4.69, 9.17) is 15.2 Å². The summed E-state index contributed by atoms with van der Waals surface area (Å²) in [7, 11) is -2.34. The summed E-state index contributed by atoms with van der Waals surface area (Å²) in [6.07, 6.45) is 8.58. The molecular formula is C39H61N5O9S. The Morgan fingerprint density at radius 1 is 1.09 bits per heavy atom. The molecule has 0 unspecified atom stereocenters. The van der Waals surface area contributed by atoms with Gasteiger partial charge in [-0.3, -0.25) is 19.1 Å². The molecular weight excluding hydrogens is 715 g/mol. The van der Waals surface area contributed by atoms with E-state index in [1.54, 1.807) is 45.9 Å². The van der Waals surface area contributed by atoms with Gasteiger partial charge in [0, 0.05) is 33.8 Å². The summed E-state index contributed by atoms with van der Waals surface area (Å²) in [4.78, 5) is 57.6. The molecule has 6 rings (SSSR count). The zero-order chi connectivity index (χ0) is 39.6. The minimum absolute atomic E-state index is 0. The first-order chi connectivity index (χ1) is 25.3. The average Bonchev–Trinajstić information content (AvgIpc) is 3.95. The zero-order valence-corrected chi connectivity index (χ0v) is 33.2. The van der Waals surface area contributed by atoms with Gasteiger partial charge in [0.2, 0.25) is 27.7 Å². The van der Waals surface area contributed by atoms with Crippen molar-refractivity contribution in [1.29, 1.82) is 0 Å². The van der Waals surface area contributed by atoms with Gasteiger partial charge < -0.3 is 30.2 Å². The van der Waals surface area contributed by atoms with Crippen molar-refractivity contribution < 1.29 is 46.1 Å². The number of carbonyl (C=O) groups is 4. The number of ether oxygens (including phenoxy) is 3. The molecule has 0 bridgehead atoms. The van der Waals surface area contributed by atoms with Gasteiger partial charge in [-0.15, -0.1) is 0 Å². The monoisotopic (exact) mass is 775 g/mol. The highest BCUT2D eigenvalue weighted by Crippen LogP contribution is 2.47. The Labute approximate surface area is 322 Å². The number of nitrogens with zero attached hydrogens (tertiary/aromatic N) is 2. The van der Waals surface area contributed by atoms with Gasteiger partial charge in [0.25, 0.3) is 5.91 Å². The molecule has 1 aromatic carbocycles. The molecule has 4 amide bonds. The molecule has 54 heavy (non-hydrogen) atoms. The summed E-state index contributed by atoms with van der Waals surface area (Å²) in [5.74, 6) is -0.250. The molecule has 0 radical (unpaired) electrons. The number of nitrogens with one attached hydrogen (secondary N) is 2. The molecule has 2 aliphatic carbocycles. The van der Waals surface area contributed by atoms with E-state index in [9.17, 15) is 27.6 Å². The molecule has 0 spiro atoms. The van der Waals surface area contributed by atoms with E-state index >= 15 is 0 Å². The van der Waals surface area contributed by atoms with Gasteiger partial charge in [0.05, 0.1) is 24.6 Å². The summed E-state index contributed by atoms with van der Waals surface area (Å²) in [6.45, 7) is 11.3. The van der Waals surface area contributed by atoms with Crippen molar-refractivity contribution in [3.8, 4) is 11.6 Å². The normalized spacial score (nSPS) is 28.7. The van der Waals surface area contributed by atoms with Crippen LogP contribution in [0.5, 0.6) is 11.6 Å². The molecule has 2 aliphatic heterocycles. The van der Waals surface area contributed by atoms with Crippen LogP contribution in [0.2, 0.25) is 0 Å². The second kappa shape index (κ2) is 15.8. The fraction of sp³-hybridized carbons (Fsp3) is 0.615. The number of sulfonamides is 1. The van der Waals surface area contributed by atoms with Gasteiger partial charge >= 0.3 is 6.09 Å². The highest BCUT2D eigenvalue weighted by Gasteiger charge is 2.63. The lowest BCUT2D eigenvalue weighted by Crippen LogP contribution is -2.57. The van der Waals surface area contributed by atoms with Crippen LogP contribution in [0, 0.1) is 17.8 Å². The Morgan fingerprint density at radius 3 is 2.39 bits per heavy atom. The van der Waals surface area contributed by atoms with Crippen LogP contribution < -0.4 is 25.2 Å². The van der Waals surface area contributed by atoms with Crippen LogP contribution in [0.1, 0.15) is 97.2 Å². The van der Waals surface area contributed by atoms with Crippen molar-refractivity contribution in [2.45, 2.75) is 121 Å². The SMILES string of the molecule is CC(C)(C)OC(N)=O.COc1cnc(O[C@@H]2C[C@H]3C(=O)N[C@]4(C(=O)NS(=O)(=O)C5(C)CC5)C[C@H]4/C=C\CC[C@H](C)C[C@@H](C)CC(=O)N3C2)c2ccccc12.[HH].[HH].[HH]. The molecule has 2 saturated carbocycles. The first-order valence-electron chi connectivity index (χ1n) is 18.7. The summed E-state index contributed by atoms with van der Waals surface area (Å²) in [5, 5.41) is 4.50. The molecule has 302 valence electrons. The number of amides is 4. The Kier molecular flexibility index (Phi) is 11.9. The van der Waals surface area contributed by atoms with Gasteiger partial charge in [-0.05, 0) is 84.1 Å². The topological polar surface area (TPSA) is 196 Å². The highest BCUT2D eigenvalue weighted by molar-refractivity contribution is 7.91. The van der Waals surface area contributed by atoms with Gasteiger partial charge in [-0.2, -0.15) is 0 Å². The largest absolute Gasteiger partial charge is 0.494 e. The average molecular weight is 776 g/mol. The maximum Gasteiger partial charge on any atom is 0.405 e. The first-order valence-corrected chi connectivity index (χ1v) is 20.2. The number of nitrogens with two attached hydrogens (primary N) is 1. The molecule has 1 saturated heterocycles. The lowest BCUT2D eigenvalue weighted by molar-refractivity contribution is -0.140. The Morgan fingerprint density at radius 2 is 1.78 bits per heavy atom. The standard InChI is InChI=1S/C34H44N4O7S.C5H11NO2.3H2/c1-21-9-5-6-10-23-18-34(23,32(41)37-46(42,43)33(3)13-14-33)36-30(40)27-17-24(20-38(27)29(39)16-22(2)15-21)45-31-26-12-8-7-11-25(26)28(44-4)19-35-31;1-5(2,3)8-4(6)7;;;/h6-8,10-12,19,21-24,27H,5,9,13-18,20H2,1-4H3,(H,36,40)(H,37,41);1-3H3,(H2,6,7);3*1H/b10-6-;;;;/t21-,22+,23+,24+,27-,34+;;;;/m0..../s1. The van der Waals surface area contributed by atoms with Crippen LogP contribution in [-0.4, -0.2) is 83.8 Å². The molecule has 6 atom stereocenters. The minimum Gasteiger partial charge on any atom is -0.494 e. The van der Waals surface area contributed by atoms with Crippen molar-refractivity contribution in [2.75, 3.05) is 13.7 Å². The Hall–Kier alpha value is -4.40. The number of hydrogen-bond acceptors (Lipinski definition) is 10. The van der Waals surface area contributed by atoms with Gasteiger partial charge in [0.15, 0.2) is 0 Å². The molecule has 4 N–H and O–H groups in total. The van der Waals surface area contributed by atoms with E-state index in [2.05, 4.69) is 33.6 Å². The lowest BCUT2D eigenvalue weighted by Gasteiger charge is -2.28. The van der Waals surface area contributed by atoms with E-state index in [1.165, 1.54) is 0 Å². The van der Waals surface area contributed by atoms with Crippen molar-refractivity contribution in [2.24, 2.45) is 23.5 Å². The molecule has 14 nitrogen and oxygen atoms in total. The summed E-state index contributed by atoms with van der Waals surface area (Å²) >= 11 is 0. The number of methoxy groups -OCH3 is 1. The van der Waals surface area contributed by atoms with E-state index < -0.39 is 56.0 Å². The number of rotatable bonds is 6. The van der Waals surface area contributed by atoms with Gasteiger partial charge in [0.1, 0.15) is 29.0 Å². The molecule has 3 fully saturated rings. The third-order valence-electron chi connectivity index (χ3n) is 10.6. The van der Waals surface area contributed by atoms with Crippen molar-refractivity contribution in [3.63, 3.8) is 0 Å². The Balaban J connectivity index is 0.000000924. The van der Waals surface area contributed by atoms with Crippen LogP contribution in [0.3, 0.4) is 0 Å². The number of allylic oxidation sites excluding steroid dienone is 1. The van der Waals surface area contributed by atoms with Gasteiger partial charge in [-0.1, -0.05) is 44.2 Å². The number of fused-ring (bicyclic) bond motifs is 3. The third-order valence-corrected chi connectivity index (χ3v) is 12.8. The van der Waals surface area contributed by atoms with E-state index in [1.807, 2.05) is 36.4 Å². The van der Waals surface area contributed by atoms with Crippen molar-refractivity contribution in [3.05, 3.63) is 42.6 Å².